The normalized spacial score (nSPS) is 12.9. The first-order chi connectivity index (χ1) is 12.1. The van der Waals surface area contributed by atoms with Crippen LogP contribution in [0.15, 0.2) is 72.8 Å². The number of aliphatic hydroxyl groups excluding tert-OH is 1. The van der Waals surface area contributed by atoms with E-state index in [-0.39, 0.29) is 6.61 Å². The van der Waals surface area contributed by atoms with Gasteiger partial charge in [-0.2, -0.15) is 0 Å². The van der Waals surface area contributed by atoms with E-state index in [0.717, 1.165) is 17.5 Å². The van der Waals surface area contributed by atoms with Gasteiger partial charge in [-0.15, -0.1) is 0 Å². The molecule has 0 radical (unpaired) electrons. The lowest BCUT2D eigenvalue weighted by Crippen LogP contribution is -2.44. The first-order valence-corrected chi connectivity index (χ1v) is 8.41. The van der Waals surface area contributed by atoms with Crippen LogP contribution in [0.25, 0.3) is 0 Å². The molecule has 0 heterocycles. The number of amides is 1. The largest absolute Gasteiger partial charge is 0.445 e. The van der Waals surface area contributed by atoms with E-state index < -0.39 is 18.2 Å². The standard InChI is InChI=1S/C21H25NO3/c1-16(2)20(23)19(14-13-17-9-5-3-6-10-17)22-21(24)25-15-18-11-7-4-8-12-18/h3-12,19-20,23H,1,13-15H2,2H3,(H,22,24)/t19?,20-/m0/s1. The van der Waals surface area contributed by atoms with Crippen molar-refractivity contribution in [1.29, 1.82) is 0 Å². The fraction of sp³-hybridized carbons (Fsp3) is 0.286. The SMILES string of the molecule is C=C(C)[C@H](O)C(CCc1ccccc1)NC(=O)OCc1ccccc1. The van der Waals surface area contributed by atoms with Crippen molar-refractivity contribution in [2.24, 2.45) is 0 Å². The monoisotopic (exact) mass is 339 g/mol. The third-order valence-electron chi connectivity index (χ3n) is 3.99. The van der Waals surface area contributed by atoms with Crippen LogP contribution in [0.2, 0.25) is 0 Å². The Morgan fingerprint density at radius 2 is 1.64 bits per heavy atom. The summed E-state index contributed by atoms with van der Waals surface area (Å²) in [7, 11) is 0. The molecule has 1 unspecified atom stereocenters. The third kappa shape index (κ3) is 6.43. The van der Waals surface area contributed by atoms with E-state index in [4.69, 9.17) is 4.74 Å². The number of nitrogens with one attached hydrogen (secondary N) is 1. The van der Waals surface area contributed by atoms with Crippen molar-refractivity contribution < 1.29 is 14.6 Å². The van der Waals surface area contributed by atoms with Crippen LogP contribution in [-0.2, 0) is 17.8 Å². The van der Waals surface area contributed by atoms with Gasteiger partial charge >= 0.3 is 6.09 Å². The topological polar surface area (TPSA) is 58.6 Å². The molecular formula is C21H25NO3. The highest BCUT2D eigenvalue weighted by molar-refractivity contribution is 5.67. The van der Waals surface area contributed by atoms with Gasteiger partial charge in [-0.05, 0) is 30.9 Å². The average Bonchev–Trinajstić information content (AvgIpc) is 2.64. The number of alkyl carbamates (subject to hydrolysis) is 1. The van der Waals surface area contributed by atoms with Gasteiger partial charge in [-0.1, -0.05) is 72.8 Å². The highest BCUT2D eigenvalue weighted by Gasteiger charge is 2.22. The van der Waals surface area contributed by atoms with Gasteiger partial charge in [0.25, 0.3) is 0 Å². The average molecular weight is 339 g/mol. The van der Waals surface area contributed by atoms with Gasteiger partial charge in [0, 0.05) is 0 Å². The van der Waals surface area contributed by atoms with Crippen LogP contribution in [0.3, 0.4) is 0 Å². The Kier molecular flexibility index (Phi) is 7.23. The summed E-state index contributed by atoms with van der Waals surface area (Å²) in [5, 5.41) is 13.1. The molecule has 0 saturated carbocycles. The molecule has 0 aliphatic rings. The van der Waals surface area contributed by atoms with Crippen LogP contribution in [0.4, 0.5) is 4.79 Å². The minimum absolute atomic E-state index is 0.196. The second-order valence-corrected chi connectivity index (χ2v) is 6.13. The predicted molar refractivity (Wildman–Crippen MR) is 99.1 cm³/mol. The Morgan fingerprint density at radius 3 is 2.20 bits per heavy atom. The first kappa shape index (κ1) is 18.7. The molecule has 2 aromatic carbocycles. The van der Waals surface area contributed by atoms with E-state index in [1.165, 1.54) is 0 Å². The molecule has 0 saturated heterocycles. The zero-order chi connectivity index (χ0) is 18.1. The fourth-order valence-corrected chi connectivity index (χ4v) is 2.54. The van der Waals surface area contributed by atoms with Gasteiger partial charge in [0.15, 0.2) is 0 Å². The van der Waals surface area contributed by atoms with E-state index in [1.54, 1.807) is 6.92 Å². The number of benzene rings is 2. The maximum atomic E-state index is 12.1. The van der Waals surface area contributed by atoms with Gasteiger partial charge in [0.2, 0.25) is 0 Å². The second-order valence-electron chi connectivity index (χ2n) is 6.13. The molecule has 2 rings (SSSR count). The molecule has 0 spiro atoms. The molecule has 2 N–H and O–H groups in total. The van der Waals surface area contributed by atoms with Crippen molar-refractivity contribution in [2.75, 3.05) is 0 Å². The summed E-state index contributed by atoms with van der Waals surface area (Å²) in [6, 6.07) is 19.0. The fourth-order valence-electron chi connectivity index (χ4n) is 2.54. The molecule has 0 aliphatic carbocycles. The highest BCUT2D eigenvalue weighted by Crippen LogP contribution is 2.12. The summed E-state index contributed by atoms with van der Waals surface area (Å²) in [5.74, 6) is 0. The maximum absolute atomic E-state index is 12.1. The third-order valence-corrected chi connectivity index (χ3v) is 3.99. The van der Waals surface area contributed by atoms with Crippen LogP contribution < -0.4 is 5.32 Å². The molecule has 132 valence electrons. The zero-order valence-corrected chi connectivity index (χ0v) is 14.5. The molecule has 1 amide bonds. The van der Waals surface area contributed by atoms with Gasteiger partial charge < -0.3 is 15.2 Å². The number of rotatable bonds is 8. The van der Waals surface area contributed by atoms with Crippen LogP contribution in [0.5, 0.6) is 0 Å². The van der Waals surface area contributed by atoms with E-state index in [1.807, 2.05) is 60.7 Å². The molecule has 0 bridgehead atoms. The number of carbonyl (C=O) groups excluding carboxylic acids is 1. The van der Waals surface area contributed by atoms with Crippen molar-refractivity contribution in [1.82, 2.24) is 5.32 Å². The summed E-state index contributed by atoms with van der Waals surface area (Å²) < 4.78 is 5.25. The first-order valence-electron chi connectivity index (χ1n) is 8.41. The molecule has 4 nitrogen and oxygen atoms in total. The number of ether oxygens (including phenoxy) is 1. The van der Waals surface area contributed by atoms with Crippen LogP contribution >= 0.6 is 0 Å². The number of aryl methyl sites for hydroxylation is 1. The van der Waals surface area contributed by atoms with Gasteiger partial charge in [-0.3, -0.25) is 0 Å². The molecule has 0 aliphatic heterocycles. The lowest BCUT2D eigenvalue weighted by atomic mass is 9.98. The molecule has 2 aromatic rings. The quantitative estimate of drug-likeness (QED) is 0.718. The van der Waals surface area contributed by atoms with E-state index in [2.05, 4.69) is 11.9 Å². The van der Waals surface area contributed by atoms with Crippen molar-refractivity contribution in [3.8, 4) is 0 Å². The predicted octanol–water partition coefficient (Wildman–Crippen LogP) is 3.85. The molecule has 0 fully saturated rings. The minimum atomic E-state index is -0.812. The molecular weight excluding hydrogens is 314 g/mol. The summed E-state index contributed by atoms with van der Waals surface area (Å²) in [5.41, 5.74) is 2.68. The van der Waals surface area contributed by atoms with Crippen molar-refractivity contribution in [3.05, 3.63) is 83.9 Å². The Labute approximate surface area is 149 Å². The molecule has 0 aromatic heterocycles. The van der Waals surface area contributed by atoms with Crippen molar-refractivity contribution >= 4 is 6.09 Å². The van der Waals surface area contributed by atoms with Crippen LogP contribution in [0, 0.1) is 0 Å². The summed E-state index contributed by atoms with van der Waals surface area (Å²) in [6.45, 7) is 5.73. The molecule has 4 heteroatoms. The highest BCUT2D eigenvalue weighted by atomic mass is 16.5. The summed E-state index contributed by atoms with van der Waals surface area (Å²) >= 11 is 0. The minimum Gasteiger partial charge on any atom is -0.445 e. The van der Waals surface area contributed by atoms with Gasteiger partial charge in [0.1, 0.15) is 6.61 Å². The maximum Gasteiger partial charge on any atom is 0.407 e. The Morgan fingerprint density at radius 1 is 1.08 bits per heavy atom. The van der Waals surface area contributed by atoms with Gasteiger partial charge in [-0.25, -0.2) is 4.79 Å². The van der Waals surface area contributed by atoms with Gasteiger partial charge in [0.05, 0.1) is 12.1 Å². The van der Waals surface area contributed by atoms with E-state index >= 15 is 0 Å². The summed E-state index contributed by atoms with van der Waals surface area (Å²) in [6.07, 6.45) is -0.0111. The van der Waals surface area contributed by atoms with Crippen molar-refractivity contribution in [2.45, 2.75) is 38.5 Å². The number of hydrogen-bond donors (Lipinski definition) is 2. The second kappa shape index (κ2) is 9.64. The Hall–Kier alpha value is -2.59. The zero-order valence-electron chi connectivity index (χ0n) is 14.5. The molecule has 2 atom stereocenters. The summed E-state index contributed by atoms with van der Waals surface area (Å²) in [4.78, 5) is 12.1. The smallest absolute Gasteiger partial charge is 0.407 e. The Bertz CT molecular complexity index is 670. The number of carbonyl (C=O) groups is 1. The number of aliphatic hydroxyl groups is 1. The number of hydrogen-bond acceptors (Lipinski definition) is 3. The molecule has 25 heavy (non-hydrogen) atoms. The van der Waals surface area contributed by atoms with Crippen molar-refractivity contribution in [3.63, 3.8) is 0 Å². The lowest BCUT2D eigenvalue weighted by molar-refractivity contribution is 0.113. The Balaban J connectivity index is 1.90. The van der Waals surface area contributed by atoms with Crippen LogP contribution in [-0.4, -0.2) is 23.3 Å². The van der Waals surface area contributed by atoms with E-state index in [9.17, 15) is 9.90 Å². The van der Waals surface area contributed by atoms with E-state index in [0.29, 0.717) is 12.0 Å². The lowest BCUT2D eigenvalue weighted by Gasteiger charge is -2.24. The van der Waals surface area contributed by atoms with Crippen LogP contribution in [0.1, 0.15) is 24.5 Å².